The summed E-state index contributed by atoms with van der Waals surface area (Å²) in [6.45, 7) is 4.82. The quantitative estimate of drug-likeness (QED) is 0.751. The van der Waals surface area contributed by atoms with Crippen molar-refractivity contribution in [2.24, 2.45) is 0 Å². The van der Waals surface area contributed by atoms with E-state index in [1.165, 1.54) is 19.3 Å². The molecule has 2 fully saturated rings. The number of benzene rings is 1. The largest absolute Gasteiger partial charge is 0.478 e. The van der Waals surface area contributed by atoms with Crippen molar-refractivity contribution in [2.45, 2.75) is 76.5 Å². The molecule has 2 aliphatic rings. The number of rotatable bonds is 5. The van der Waals surface area contributed by atoms with Gasteiger partial charge in [-0.1, -0.05) is 30.9 Å². The smallest absolute Gasteiger partial charge is 0.317 e. The highest BCUT2D eigenvalue weighted by molar-refractivity contribution is 6.30. The van der Waals surface area contributed by atoms with Crippen LogP contribution in [0.15, 0.2) is 24.3 Å². The van der Waals surface area contributed by atoms with Gasteiger partial charge in [0.25, 0.3) is 5.91 Å². The van der Waals surface area contributed by atoms with E-state index >= 15 is 0 Å². The van der Waals surface area contributed by atoms with E-state index in [4.69, 9.17) is 16.3 Å². The number of amides is 3. The lowest BCUT2D eigenvalue weighted by molar-refractivity contribution is -0.135. The molecule has 1 aromatic rings. The van der Waals surface area contributed by atoms with E-state index in [-0.39, 0.29) is 18.0 Å². The monoisotopic (exact) mass is 421 g/mol. The first-order valence-corrected chi connectivity index (χ1v) is 11.0. The van der Waals surface area contributed by atoms with Gasteiger partial charge in [-0.3, -0.25) is 4.79 Å². The highest BCUT2D eigenvalue weighted by Crippen LogP contribution is 2.22. The molecule has 0 radical (unpaired) electrons. The molecule has 29 heavy (non-hydrogen) atoms. The molecule has 0 aromatic heterocycles. The molecular formula is C22H32ClN3O3. The summed E-state index contributed by atoms with van der Waals surface area (Å²) in [5.74, 6) is 0.446. The zero-order valence-corrected chi connectivity index (χ0v) is 18.1. The number of likely N-dealkylation sites (tertiary alicyclic amines) is 1. The second-order valence-electron chi connectivity index (χ2n) is 8.59. The minimum Gasteiger partial charge on any atom is -0.478 e. The summed E-state index contributed by atoms with van der Waals surface area (Å²) in [5, 5.41) is 6.88. The van der Waals surface area contributed by atoms with Gasteiger partial charge in [0.15, 0.2) is 5.60 Å². The van der Waals surface area contributed by atoms with Gasteiger partial charge in [-0.15, -0.1) is 0 Å². The third-order valence-electron chi connectivity index (χ3n) is 5.78. The summed E-state index contributed by atoms with van der Waals surface area (Å²) >= 11 is 5.90. The van der Waals surface area contributed by atoms with Crippen molar-refractivity contribution in [3.8, 4) is 5.75 Å². The number of piperidine rings is 1. The number of carbonyl (C=O) groups is 2. The highest BCUT2D eigenvalue weighted by Gasteiger charge is 2.33. The fourth-order valence-corrected chi connectivity index (χ4v) is 4.07. The van der Waals surface area contributed by atoms with Crippen molar-refractivity contribution in [1.82, 2.24) is 15.5 Å². The van der Waals surface area contributed by atoms with E-state index in [2.05, 4.69) is 10.6 Å². The molecular weight excluding hydrogens is 390 g/mol. The lowest BCUT2D eigenvalue weighted by Crippen LogP contribution is -2.55. The average Bonchev–Trinajstić information content (AvgIpc) is 2.71. The number of urea groups is 1. The molecule has 2 N–H and O–H groups in total. The van der Waals surface area contributed by atoms with Crippen molar-refractivity contribution in [1.29, 1.82) is 0 Å². The molecule has 160 valence electrons. The minimum atomic E-state index is -0.997. The van der Waals surface area contributed by atoms with E-state index < -0.39 is 5.60 Å². The molecule has 0 bridgehead atoms. The maximum atomic E-state index is 12.7. The van der Waals surface area contributed by atoms with Crippen LogP contribution in [0.5, 0.6) is 5.75 Å². The predicted octanol–water partition coefficient (Wildman–Crippen LogP) is 4.12. The Morgan fingerprint density at radius 2 is 1.55 bits per heavy atom. The molecule has 1 aliphatic heterocycles. The van der Waals surface area contributed by atoms with Crippen LogP contribution in [0.2, 0.25) is 5.02 Å². The molecule has 1 aromatic carbocycles. The lowest BCUT2D eigenvalue weighted by atomic mass is 9.95. The van der Waals surface area contributed by atoms with Crippen LogP contribution in [-0.4, -0.2) is 47.6 Å². The first-order valence-electron chi connectivity index (χ1n) is 10.6. The number of carbonyl (C=O) groups excluding carboxylic acids is 2. The van der Waals surface area contributed by atoms with Crippen molar-refractivity contribution in [2.75, 3.05) is 13.1 Å². The Labute approximate surface area is 178 Å². The molecule has 0 unspecified atom stereocenters. The van der Waals surface area contributed by atoms with E-state index in [0.717, 1.165) is 25.7 Å². The van der Waals surface area contributed by atoms with E-state index in [1.807, 2.05) is 4.90 Å². The zero-order valence-electron chi connectivity index (χ0n) is 17.4. The normalized spacial score (nSPS) is 18.9. The second-order valence-corrected chi connectivity index (χ2v) is 9.02. The molecule has 3 amide bonds. The van der Waals surface area contributed by atoms with Gasteiger partial charge in [-0.05, 0) is 63.8 Å². The van der Waals surface area contributed by atoms with Crippen LogP contribution in [0.4, 0.5) is 4.79 Å². The second kappa shape index (κ2) is 9.70. The third-order valence-corrected chi connectivity index (χ3v) is 6.04. The van der Waals surface area contributed by atoms with Crippen molar-refractivity contribution >= 4 is 23.5 Å². The van der Waals surface area contributed by atoms with Crippen molar-refractivity contribution < 1.29 is 14.3 Å². The Morgan fingerprint density at radius 3 is 2.17 bits per heavy atom. The molecule has 1 heterocycles. The van der Waals surface area contributed by atoms with Gasteiger partial charge in [0.05, 0.1) is 0 Å². The highest BCUT2D eigenvalue weighted by atomic mass is 35.5. The summed E-state index contributed by atoms with van der Waals surface area (Å²) < 4.78 is 5.86. The fraction of sp³-hybridized carbons (Fsp3) is 0.636. The SMILES string of the molecule is CC(C)(Oc1ccc(Cl)cc1)C(=O)NC1CCN(C(=O)NC2CCCCC2)CC1. The van der Waals surface area contributed by atoms with E-state index in [1.54, 1.807) is 38.1 Å². The van der Waals surface area contributed by atoms with Gasteiger partial charge in [0, 0.05) is 30.2 Å². The van der Waals surface area contributed by atoms with Crippen LogP contribution >= 0.6 is 11.6 Å². The van der Waals surface area contributed by atoms with Crippen LogP contribution < -0.4 is 15.4 Å². The topological polar surface area (TPSA) is 70.7 Å². The van der Waals surface area contributed by atoms with E-state index in [9.17, 15) is 9.59 Å². The fourth-order valence-electron chi connectivity index (χ4n) is 3.94. The van der Waals surface area contributed by atoms with Gasteiger partial charge in [0.2, 0.25) is 0 Å². The molecule has 7 heteroatoms. The van der Waals surface area contributed by atoms with Crippen LogP contribution in [0.25, 0.3) is 0 Å². The lowest BCUT2D eigenvalue weighted by Gasteiger charge is -2.35. The van der Waals surface area contributed by atoms with Crippen molar-refractivity contribution in [3.63, 3.8) is 0 Å². The number of nitrogens with zero attached hydrogens (tertiary/aromatic N) is 1. The number of nitrogens with one attached hydrogen (secondary N) is 2. The molecule has 6 nitrogen and oxygen atoms in total. The zero-order chi connectivity index (χ0) is 20.9. The molecule has 1 saturated carbocycles. The predicted molar refractivity (Wildman–Crippen MR) is 114 cm³/mol. The maximum absolute atomic E-state index is 12.7. The Bertz CT molecular complexity index is 694. The maximum Gasteiger partial charge on any atom is 0.317 e. The number of halogens is 1. The van der Waals surface area contributed by atoms with Gasteiger partial charge in [-0.25, -0.2) is 4.79 Å². The van der Waals surface area contributed by atoms with E-state index in [0.29, 0.717) is 29.9 Å². The minimum absolute atomic E-state index is 0.0353. The first-order chi connectivity index (χ1) is 13.8. The first kappa shape index (κ1) is 21.8. The number of hydrogen-bond acceptors (Lipinski definition) is 3. The van der Waals surface area contributed by atoms with Gasteiger partial charge < -0.3 is 20.3 Å². The summed E-state index contributed by atoms with van der Waals surface area (Å²) in [5.41, 5.74) is -0.997. The Hall–Kier alpha value is -1.95. The van der Waals surface area contributed by atoms with Gasteiger partial charge in [-0.2, -0.15) is 0 Å². The molecule has 0 atom stereocenters. The number of hydrogen-bond donors (Lipinski definition) is 2. The Morgan fingerprint density at radius 1 is 0.966 bits per heavy atom. The van der Waals surface area contributed by atoms with Gasteiger partial charge in [0.1, 0.15) is 5.75 Å². The van der Waals surface area contributed by atoms with Crippen LogP contribution in [-0.2, 0) is 4.79 Å². The summed E-state index contributed by atoms with van der Waals surface area (Å²) in [7, 11) is 0. The van der Waals surface area contributed by atoms with Crippen molar-refractivity contribution in [3.05, 3.63) is 29.3 Å². The third kappa shape index (κ3) is 6.26. The molecule has 1 saturated heterocycles. The number of ether oxygens (including phenoxy) is 1. The summed E-state index contributed by atoms with van der Waals surface area (Å²) in [6, 6.07) is 7.38. The molecule has 0 spiro atoms. The van der Waals surface area contributed by atoms with Crippen LogP contribution in [0.1, 0.15) is 58.8 Å². The molecule has 1 aliphatic carbocycles. The van der Waals surface area contributed by atoms with Gasteiger partial charge >= 0.3 is 6.03 Å². The summed E-state index contributed by atoms with van der Waals surface area (Å²) in [6.07, 6.45) is 7.35. The van der Waals surface area contributed by atoms with Crippen LogP contribution in [0, 0.1) is 0 Å². The Balaban J connectivity index is 1.43. The van der Waals surface area contributed by atoms with Crippen LogP contribution in [0.3, 0.4) is 0 Å². The Kier molecular flexibility index (Phi) is 7.28. The molecule has 3 rings (SSSR count). The average molecular weight is 422 g/mol. The standard InChI is InChI=1S/C22H32ClN3O3/c1-22(2,29-19-10-8-16(23)9-11-19)20(27)24-18-12-14-26(15-13-18)21(28)25-17-6-4-3-5-7-17/h8-11,17-18H,3-7,12-15H2,1-2H3,(H,24,27)(H,25,28). The summed E-state index contributed by atoms with van der Waals surface area (Å²) in [4.78, 5) is 27.1.